The molecule has 5 heteroatoms. The van der Waals surface area contributed by atoms with Crippen LogP contribution < -0.4 is 10.5 Å². The Morgan fingerprint density at radius 2 is 2.26 bits per heavy atom. The minimum absolute atomic E-state index is 0.0101. The van der Waals surface area contributed by atoms with Crippen LogP contribution in [0.4, 0.5) is 5.69 Å². The lowest BCUT2D eigenvalue weighted by Gasteiger charge is -2.22. The first-order valence-corrected chi connectivity index (χ1v) is 7.77. The van der Waals surface area contributed by atoms with Gasteiger partial charge in [-0.1, -0.05) is 6.07 Å². The van der Waals surface area contributed by atoms with Crippen LogP contribution >= 0.6 is 11.8 Å². The quantitative estimate of drug-likeness (QED) is 0.863. The van der Waals surface area contributed by atoms with Gasteiger partial charge in [-0.05, 0) is 31.2 Å². The highest BCUT2D eigenvalue weighted by molar-refractivity contribution is 7.99. The Morgan fingerprint density at radius 1 is 1.42 bits per heavy atom. The maximum atomic E-state index is 12.6. The monoisotopic (exact) mass is 280 g/mol. The Hall–Kier alpha value is -1.36. The third kappa shape index (κ3) is 3.35. The molecule has 0 aliphatic carbocycles. The van der Waals surface area contributed by atoms with E-state index in [9.17, 15) is 4.79 Å². The molecule has 0 spiro atoms. The lowest BCUT2D eigenvalue weighted by atomic mass is 10.1. The number of hydrogen-bond acceptors (Lipinski definition) is 4. The van der Waals surface area contributed by atoms with Crippen molar-refractivity contribution in [2.24, 2.45) is 0 Å². The summed E-state index contributed by atoms with van der Waals surface area (Å²) in [7, 11) is 0. The largest absolute Gasteiger partial charge is 0.493 e. The van der Waals surface area contributed by atoms with Gasteiger partial charge in [0.2, 0.25) is 0 Å². The van der Waals surface area contributed by atoms with Crippen LogP contribution in [-0.4, -0.2) is 42.0 Å². The molecular formula is C14H20N2O2S. The summed E-state index contributed by atoms with van der Waals surface area (Å²) in [6, 6.07) is 5.37. The van der Waals surface area contributed by atoms with E-state index >= 15 is 0 Å². The Morgan fingerprint density at radius 3 is 3.05 bits per heavy atom. The molecule has 0 radical (unpaired) electrons. The number of hydrogen-bond donors (Lipinski definition) is 1. The molecule has 4 nitrogen and oxygen atoms in total. The van der Waals surface area contributed by atoms with Gasteiger partial charge >= 0.3 is 0 Å². The van der Waals surface area contributed by atoms with Crippen LogP contribution in [0.5, 0.6) is 5.75 Å². The van der Waals surface area contributed by atoms with Gasteiger partial charge in [-0.25, -0.2) is 0 Å². The van der Waals surface area contributed by atoms with Crippen molar-refractivity contribution < 1.29 is 9.53 Å². The van der Waals surface area contributed by atoms with Crippen molar-refractivity contribution >= 4 is 23.4 Å². The van der Waals surface area contributed by atoms with Gasteiger partial charge in [-0.3, -0.25) is 4.79 Å². The number of thioether (sulfide) groups is 1. The fraction of sp³-hybridized carbons (Fsp3) is 0.500. The van der Waals surface area contributed by atoms with Gasteiger partial charge in [-0.2, -0.15) is 11.8 Å². The molecule has 1 amide bonds. The van der Waals surface area contributed by atoms with E-state index in [0.29, 0.717) is 23.6 Å². The lowest BCUT2D eigenvalue weighted by molar-refractivity contribution is 0.0765. The molecule has 1 aliphatic heterocycles. The van der Waals surface area contributed by atoms with Crippen LogP contribution in [0.1, 0.15) is 23.7 Å². The number of amides is 1. The number of carbonyl (C=O) groups is 1. The zero-order chi connectivity index (χ0) is 13.7. The van der Waals surface area contributed by atoms with E-state index in [4.69, 9.17) is 10.5 Å². The summed E-state index contributed by atoms with van der Waals surface area (Å²) in [5.41, 5.74) is 6.97. The second-order valence-corrected chi connectivity index (χ2v) is 5.64. The number of benzene rings is 1. The van der Waals surface area contributed by atoms with Crippen LogP contribution in [-0.2, 0) is 0 Å². The second kappa shape index (κ2) is 6.70. The predicted molar refractivity (Wildman–Crippen MR) is 79.9 cm³/mol. The highest BCUT2D eigenvalue weighted by Gasteiger charge is 2.22. The summed E-state index contributed by atoms with van der Waals surface area (Å²) < 4.78 is 5.53. The van der Waals surface area contributed by atoms with E-state index < -0.39 is 0 Å². The van der Waals surface area contributed by atoms with E-state index in [0.717, 1.165) is 31.0 Å². The fourth-order valence-electron chi connectivity index (χ4n) is 2.16. The fourth-order valence-corrected chi connectivity index (χ4v) is 3.05. The van der Waals surface area contributed by atoms with E-state index in [1.165, 1.54) is 0 Å². The van der Waals surface area contributed by atoms with Crippen LogP contribution in [0.3, 0.4) is 0 Å². The molecule has 1 aliphatic rings. The van der Waals surface area contributed by atoms with E-state index in [-0.39, 0.29) is 5.91 Å². The third-order valence-electron chi connectivity index (χ3n) is 3.08. The number of nitrogens with two attached hydrogens (primary N) is 1. The molecule has 1 saturated heterocycles. The summed E-state index contributed by atoms with van der Waals surface area (Å²) >= 11 is 1.89. The topological polar surface area (TPSA) is 55.6 Å². The lowest BCUT2D eigenvalue weighted by Crippen LogP contribution is -2.33. The first-order chi connectivity index (χ1) is 9.24. The van der Waals surface area contributed by atoms with Crippen molar-refractivity contribution in [2.75, 3.05) is 36.9 Å². The molecular weight excluding hydrogens is 260 g/mol. The van der Waals surface area contributed by atoms with Crippen molar-refractivity contribution in [3.8, 4) is 5.75 Å². The van der Waals surface area contributed by atoms with Crippen LogP contribution in [0.2, 0.25) is 0 Å². The standard InChI is InChI=1S/C14H20N2O2S/c1-2-18-12-6-3-5-11(15)13(12)14(17)16-7-4-9-19-10-8-16/h3,5-6H,2,4,7-10,15H2,1H3. The van der Waals surface area contributed by atoms with Crippen LogP contribution in [0.25, 0.3) is 0 Å². The maximum Gasteiger partial charge on any atom is 0.259 e. The van der Waals surface area contributed by atoms with Gasteiger partial charge in [0, 0.05) is 24.5 Å². The van der Waals surface area contributed by atoms with Crippen molar-refractivity contribution in [3.63, 3.8) is 0 Å². The maximum absolute atomic E-state index is 12.6. The molecule has 0 atom stereocenters. The van der Waals surface area contributed by atoms with Crippen molar-refractivity contribution in [1.82, 2.24) is 4.90 Å². The highest BCUT2D eigenvalue weighted by atomic mass is 32.2. The number of carbonyl (C=O) groups excluding carboxylic acids is 1. The summed E-state index contributed by atoms with van der Waals surface area (Å²) in [6.45, 7) is 4.01. The Balaban J connectivity index is 2.26. The van der Waals surface area contributed by atoms with Gasteiger partial charge in [0.1, 0.15) is 11.3 Å². The molecule has 104 valence electrons. The number of anilines is 1. The average Bonchev–Trinajstić information content (AvgIpc) is 2.67. The van der Waals surface area contributed by atoms with Gasteiger partial charge < -0.3 is 15.4 Å². The molecule has 1 fully saturated rings. The van der Waals surface area contributed by atoms with E-state index in [1.807, 2.05) is 29.7 Å². The second-order valence-electron chi connectivity index (χ2n) is 4.41. The van der Waals surface area contributed by atoms with Gasteiger partial charge in [0.25, 0.3) is 5.91 Å². The average molecular weight is 280 g/mol. The summed E-state index contributed by atoms with van der Waals surface area (Å²) in [5.74, 6) is 2.68. The Labute approximate surface area is 118 Å². The van der Waals surface area contributed by atoms with Gasteiger partial charge in [-0.15, -0.1) is 0 Å². The van der Waals surface area contributed by atoms with Crippen molar-refractivity contribution in [2.45, 2.75) is 13.3 Å². The SMILES string of the molecule is CCOc1cccc(N)c1C(=O)N1CCCSCC1. The van der Waals surface area contributed by atoms with Gasteiger partial charge in [0.05, 0.1) is 6.61 Å². The van der Waals surface area contributed by atoms with E-state index in [2.05, 4.69) is 0 Å². The molecule has 1 aromatic rings. The van der Waals surface area contributed by atoms with Crippen LogP contribution in [0, 0.1) is 0 Å². The molecule has 19 heavy (non-hydrogen) atoms. The predicted octanol–water partition coefficient (Wildman–Crippen LogP) is 2.25. The van der Waals surface area contributed by atoms with Gasteiger partial charge in [0.15, 0.2) is 0 Å². The normalized spacial score (nSPS) is 15.9. The van der Waals surface area contributed by atoms with Crippen molar-refractivity contribution in [3.05, 3.63) is 23.8 Å². The summed E-state index contributed by atoms with van der Waals surface area (Å²) in [5, 5.41) is 0. The third-order valence-corrected chi connectivity index (χ3v) is 4.13. The van der Waals surface area contributed by atoms with E-state index in [1.54, 1.807) is 12.1 Å². The van der Waals surface area contributed by atoms with Crippen LogP contribution in [0.15, 0.2) is 18.2 Å². The molecule has 1 aromatic carbocycles. The number of nitrogen functional groups attached to an aromatic ring is 1. The molecule has 2 N–H and O–H groups in total. The Bertz CT molecular complexity index is 443. The number of nitrogens with zero attached hydrogens (tertiary/aromatic N) is 1. The number of ether oxygens (including phenoxy) is 1. The first kappa shape index (κ1) is 14.1. The smallest absolute Gasteiger partial charge is 0.259 e. The zero-order valence-electron chi connectivity index (χ0n) is 11.2. The van der Waals surface area contributed by atoms with Crippen molar-refractivity contribution in [1.29, 1.82) is 0 Å². The molecule has 1 heterocycles. The first-order valence-electron chi connectivity index (χ1n) is 6.62. The highest BCUT2D eigenvalue weighted by Crippen LogP contribution is 2.27. The summed E-state index contributed by atoms with van der Waals surface area (Å²) in [6.07, 6.45) is 1.03. The zero-order valence-corrected chi connectivity index (χ0v) is 12.0. The minimum atomic E-state index is -0.0101. The summed E-state index contributed by atoms with van der Waals surface area (Å²) in [4.78, 5) is 14.5. The molecule has 0 unspecified atom stereocenters. The molecule has 0 saturated carbocycles. The molecule has 0 bridgehead atoms. The molecule has 2 rings (SSSR count). The minimum Gasteiger partial charge on any atom is -0.493 e. The molecule has 0 aromatic heterocycles. The number of rotatable bonds is 3. The Kier molecular flexibility index (Phi) is 4.96.